The molecule has 0 aliphatic heterocycles. The molecule has 0 fully saturated rings. The van der Waals surface area contributed by atoms with Crippen molar-refractivity contribution < 1.29 is 10.0 Å². The van der Waals surface area contributed by atoms with E-state index in [1.807, 2.05) is 38.1 Å². The average Bonchev–Trinajstić information content (AvgIpc) is 2.58. The van der Waals surface area contributed by atoms with Crippen LogP contribution in [0.4, 0.5) is 0 Å². The number of rotatable bonds is 11. The molecular weight excluding hydrogens is 290 g/mol. The summed E-state index contributed by atoms with van der Waals surface area (Å²) in [7, 11) is 0. The maximum absolute atomic E-state index is 10.3. The van der Waals surface area contributed by atoms with Crippen LogP contribution < -0.4 is 0 Å². The normalized spacial score (nSPS) is 11.5. The maximum atomic E-state index is 10.3. The molecule has 0 amide bonds. The van der Waals surface area contributed by atoms with E-state index >= 15 is 0 Å². The first-order valence-electron chi connectivity index (χ1n) is 9.02. The van der Waals surface area contributed by atoms with Gasteiger partial charge in [-0.2, -0.15) is 0 Å². The highest BCUT2D eigenvalue weighted by Gasteiger charge is 2.10. The van der Waals surface area contributed by atoms with Gasteiger partial charge >= 0.3 is 0 Å². The Bertz CT molecular complexity index is 404. The minimum atomic E-state index is -0.738. The summed E-state index contributed by atoms with van der Waals surface area (Å²) in [6.07, 6.45) is 8.22. The van der Waals surface area contributed by atoms with Crippen LogP contribution in [0.1, 0.15) is 82.9 Å². The lowest BCUT2D eigenvalue weighted by Crippen LogP contribution is -2.07. The molecule has 1 aromatic rings. The van der Waals surface area contributed by atoms with Crippen molar-refractivity contribution in [3.8, 4) is 0 Å². The van der Waals surface area contributed by atoms with Crippen LogP contribution in [0, 0.1) is 10.1 Å². The molecule has 4 heteroatoms. The van der Waals surface area contributed by atoms with Crippen LogP contribution in [0.3, 0.4) is 0 Å². The summed E-state index contributed by atoms with van der Waals surface area (Å²) in [4.78, 5) is 9.90. The van der Waals surface area contributed by atoms with Crippen molar-refractivity contribution in [3.63, 3.8) is 0 Å². The number of unbranched alkanes of at least 4 members (excludes halogenated alkanes) is 5. The molecule has 0 saturated carbocycles. The van der Waals surface area contributed by atoms with Crippen LogP contribution >= 0.6 is 0 Å². The lowest BCUT2D eigenvalue weighted by atomic mass is 10.0. The van der Waals surface area contributed by atoms with Gasteiger partial charge in [0.15, 0.2) is 0 Å². The van der Waals surface area contributed by atoms with Crippen LogP contribution in [0.25, 0.3) is 0 Å². The van der Waals surface area contributed by atoms with Gasteiger partial charge in [-0.1, -0.05) is 77.1 Å². The first kappa shape index (κ1) is 21.6. The largest absolute Gasteiger partial charge is 0.388 e. The number of hydrogen-bond acceptors (Lipinski definition) is 3. The summed E-state index contributed by atoms with van der Waals surface area (Å²) >= 11 is 0. The smallest absolute Gasteiger partial charge is 0.206 e. The second-order valence-electron chi connectivity index (χ2n) is 5.62. The lowest BCUT2D eigenvalue weighted by molar-refractivity contribution is -0.482. The zero-order valence-electron chi connectivity index (χ0n) is 15.0. The predicted molar refractivity (Wildman–Crippen MR) is 96.3 cm³/mol. The highest BCUT2D eigenvalue weighted by atomic mass is 16.6. The van der Waals surface area contributed by atoms with Gasteiger partial charge in [-0.3, -0.25) is 10.1 Å². The second-order valence-corrected chi connectivity index (χ2v) is 5.62. The number of aliphatic hydroxyl groups is 1. The summed E-state index contributed by atoms with van der Waals surface area (Å²) < 4.78 is 0. The summed E-state index contributed by atoms with van der Waals surface area (Å²) in [6, 6.07) is 7.82. The quantitative estimate of drug-likeness (QED) is 0.341. The Balaban J connectivity index is 0.00000232. The Labute approximate surface area is 141 Å². The summed E-state index contributed by atoms with van der Waals surface area (Å²) in [5.74, 6) is 0. The monoisotopic (exact) mass is 323 g/mol. The molecule has 1 N–H and O–H groups in total. The third-order valence-corrected chi connectivity index (χ3v) is 3.77. The second kappa shape index (κ2) is 14.2. The molecule has 0 aliphatic rings. The van der Waals surface area contributed by atoms with E-state index in [-0.39, 0.29) is 13.0 Å². The van der Waals surface area contributed by atoms with Gasteiger partial charge in [0.2, 0.25) is 6.54 Å². The third-order valence-electron chi connectivity index (χ3n) is 3.77. The van der Waals surface area contributed by atoms with Crippen molar-refractivity contribution in [2.24, 2.45) is 0 Å². The molecule has 0 bridgehead atoms. The molecule has 0 spiro atoms. The van der Waals surface area contributed by atoms with Gasteiger partial charge in [0, 0.05) is 11.3 Å². The van der Waals surface area contributed by atoms with E-state index in [4.69, 9.17) is 0 Å². The molecule has 0 aliphatic carbocycles. The van der Waals surface area contributed by atoms with Crippen molar-refractivity contribution in [2.75, 3.05) is 6.54 Å². The van der Waals surface area contributed by atoms with E-state index in [1.54, 1.807) is 0 Å². The molecule has 1 unspecified atom stereocenters. The Morgan fingerprint density at radius 2 is 1.61 bits per heavy atom. The molecule has 1 rings (SSSR count). The number of hydrogen-bond donors (Lipinski definition) is 1. The van der Waals surface area contributed by atoms with E-state index in [0.29, 0.717) is 0 Å². The Morgan fingerprint density at radius 1 is 1.04 bits per heavy atom. The highest BCUT2D eigenvalue weighted by molar-refractivity contribution is 5.24. The van der Waals surface area contributed by atoms with Gasteiger partial charge in [0.05, 0.1) is 6.10 Å². The first-order chi connectivity index (χ1) is 11.1. The van der Waals surface area contributed by atoms with E-state index < -0.39 is 11.0 Å². The number of aliphatic hydroxyl groups excluding tert-OH is 1. The van der Waals surface area contributed by atoms with Crippen LogP contribution in [-0.4, -0.2) is 16.6 Å². The van der Waals surface area contributed by atoms with Gasteiger partial charge in [-0.15, -0.1) is 0 Å². The first-order valence-corrected chi connectivity index (χ1v) is 9.02. The molecule has 23 heavy (non-hydrogen) atoms. The van der Waals surface area contributed by atoms with Crippen molar-refractivity contribution in [1.82, 2.24) is 0 Å². The molecule has 0 radical (unpaired) electrons. The Hall–Kier alpha value is -1.42. The summed E-state index contributed by atoms with van der Waals surface area (Å²) in [6.45, 7) is 6.03. The van der Waals surface area contributed by atoms with Crippen molar-refractivity contribution in [3.05, 3.63) is 45.5 Å². The average molecular weight is 323 g/mol. The van der Waals surface area contributed by atoms with E-state index in [9.17, 15) is 15.2 Å². The van der Waals surface area contributed by atoms with Gasteiger partial charge in [0.25, 0.3) is 0 Å². The summed E-state index contributed by atoms with van der Waals surface area (Å²) in [5, 5.41) is 20.1. The fourth-order valence-electron chi connectivity index (χ4n) is 2.41. The van der Waals surface area contributed by atoms with E-state index in [0.717, 1.165) is 12.0 Å². The van der Waals surface area contributed by atoms with Crippen LogP contribution in [-0.2, 0) is 6.42 Å². The van der Waals surface area contributed by atoms with E-state index in [1.165, 1.54) is 44.1 Å². The molecule has 0 saturated heterocycles. The highest BCUT2D eigenvalue weighted by Crippen LogP contribution is 2.18. The zero-order chi connectivity index (χ0) is 17.5. The molecule has 0 heterocycles. The number of nitrogens with zero attached hydrogens (tertiary/aromatic N) is 1. The van der Waals surface area contributed by atoms with E-state index in [2.05, 4.69) is 6.92 Å². The Morgan fingerprint density at radius 3 is 2.17 bits per heavy atom. The van der Waals surface area contributed by atoms with Gasteiger partial charge in [-0.05, 0) is 24.0 Å². The minimum absolute atomic E-state index is 0.170. The molecular formula is C19H33NO3. The van der Waals surface area contributed by atoms with Crippen molar-refractivity contribution >= 4 is 0 Å². The van der Waals surface area contributed by atoms with Crippen LogP contribution in [0.5, 0.6) is 0 Å². The van der Waals surface area contributed by atoms with Crippen LogP contribution in [0.2, 0.25) is 0 Å². The summed E-state index contributed by atoms with van der Waals surface area (Å²) in [5.41, 5.74) is 2.04. The molecule has 132 valence electrons. The molecule has 1 aromatic carbocycles. The number of aryl methyl sites for hydroxylation is 1. The van der Waals surface area contributed by atoms with Gasteiger partial charge < -0.3 is 5.11 Å². The van der Waals surface area contributed by atoms with Gasteiger partial charge in [0.1, 0.15) is 0 Å². The Kier molecular flexibility index (Phi) is 13.3. The lowest BCUT2D eigenvalue weighted by Gasteiger charge is -2.09. The maximum Gasteiger partial charge on any atom is 0.206 e. The fraction of sp³-hybridized carbons (Fsp3) is 0.684. The number of nitro groups is 1. The predicted octanol–water partition coefficient (Wildman–Crippen LogP) is 5.32. The van der Waals surface area contributed by atoms with Crippen molar-refractivity contribution in [1.29, 1.82) is 0 Å². The fourth-order valence-corrected chi connectivity index (χ4v) is 2.41. The van der Waals surface area contributed by atoms with Gasteiger partial charge in [-0.25, -0.2) is 0 Å². The molecule has 4 nitrogen and oxygen atoms in total. The van der Waals surface area contributed by atoms with Crippen molar-refractivity contribution in [2.45, 2.75) is 78.2 Å². The minimum Gasteiger partial charge on any atom is -0.388 e. The molecule has 0 aromatic heterocycles. The third kappa shape index (κ3) is 10.9. The topological polar surface area (TPSA) is 63.4 Å². The number of benzene rings is 1. The standard InChI is InChI=1S/C17H27NO3.C2H6/c1-2-3-4-5-6-7-8-15-9-11-16(12-10-15)17(19)13-14-18(20)21;1-2/h9-12,17,19H,2-8,13-14H2,1H3;1-2H3. The van der Waals surface area contributed by atoms with Crippen LogP contribution in [0.15, 0.2) is 24.3 Å². The molecule has 1 atom stereocenters. The SMILES string of the molecule is CC.CCCCCCCCc1ccc(C(O)CC[N+](=O)[O-])cc1. The zero-order valence-corrected chi connectivity index (χ0v) is 15.0.